The van der Waals surface area contributed by atoms with Gasteiger partial charge in [-0.05, 0) is 36.8 Å². The Bertz CT molecular complexity index is 1020. The van der Waals surface area contributed by atoms with Gasteiger partial charge >= 0.3 is 0 Å². The Morgan fingerprint density at radius 2 is 1.76 bits per heavy atom. The molecule has 0 unspecified atom stereocenters. The molecule has 1 amide bonds. The predicted molar refractivity (Wildman–Crippen MR) is 114 cm³/mol. The van der Waals surface area contributed by atoms with Crippen molar-refractivity contribution >= 4 is 28.5 Å². The Morgan fingerprint density at radius 3 is 2.38 bits per heavy atom. The molecule has 2 aromatic carbocycles. The van der Waals surface area contributed by atoms with Crippen LogP contribution < -0.4 is 19.5 Å². The van der Waals surface area contributed by atoms with E-state index in [-0.39, 0.29) is 5.91 Å². The third-order valence-electron chi connectivity index (χ3n) is 4.03. The molecule has 0 saturated heterocycles. The van der Waals surface area contributed by atoms with Crippen molar-refractivity contribution in [1.82, 2.24) is 10.2 Å². The molecule has 1 aromatic heterocycles. The van der Waals surface area contributed by atoms with Gasteiger partial charge in [0.2, 0.25) is 16.8 Å². The minimum absolute atomic E-state index is 0.314. The molecule has 0 atom stereocenters. The molecule has 0 saturated carbocycles. The summed E-state index contributed by atoms with van der Waals surface area (Å²) < 4.78 is 15.9. The van der Waals surface area contributed by atoms with E-state index in [1.807, 2.05) is 31.2 Å². The molecule has 0 aliphatic carbocycles. The van der Waals surface area contributed by atoms with Gasteiger partial charge in [-0.1, -0.05) is 35.1 Å². The number of hydrogen-bond acceptors (Lipinski definition) is 7. The van der Waals surface area contributed by atoms with Gasteiger partial charge in [0.15, 0.2) is 11.5 Å². The van der Waals surface area contributed by atoms with Crippen LogP contribution in [0.5, 0.6) is 17.2 Å². The smallest absolute Gasteiger partial charge is 0.250 e. The number of methoxy groups -OCH3 is 3. The van der Waals surface area contributed by atoms with Crippen molar-refractivity contribution in [2.45, 2.75) is 6.92 Å². The minimum atomic E-state index is -0.314. The number of nitrogens with one attached hydrogen (secondary N) is 1. The molecule has 1 N–H and O–H groups in total. The predicted octanol–water partition coefficient (Wildman–Crippen LogP) is 4.19. The normalized spacial score (nSPS) is 10.8. The van der Waals surface area contributed by atoms with Crippen LogP contribution in [0.4, 0.5) is 5.13 Å². The van der Waals surface area contributed by atoms with Gasteiger partial charge < -0.3 is 14.2 Å². The number of aryl methyl sites for hydroxylation is 1. The summed E-state index contributed by atoms with van der Waals surface area (Å²) in [6, 6.07) is 11.5. The summed E-state index contributed by atoms with van der Waals surface area (Å²) in [6.07, 6.45) is 3.07. The summed E-state index contributed by atoms with van der Waals surface area (Å²) in [5.74, 6) is 1.21. The van der Waals surface area contributed by atoms with Crippen molar-refractivity contribution in [2.24, 2.45) is 0 Å². The quantitative estimate of drug-likeness (QED) is 0.587. The van der Waals surface area contributed by atoms with E-state index in [2.05, 4.69) is 15.5 Å². The number of ether oxygens (including phenoxy) is 3. The highest BCUT2D eigenvalue weighted by Gasteiger charge is 2.12. The first-order valence-electron chi connectivity index (χ1n) is 8.73. The molecule has 1 heterocycles. The Kier molecular flexibility index (Phi) is 6.46. The molecule has 8 heteroatoms. The van der Waals surface area contributed by atoms with Crippen LogP contribution >= 0.6 is 11.3 Å². The zero-order valence-corrected chi connectivity index (χ0v) is 17.4. The molecule has 29 heavy (non-hydrogen) atoms. The number of carbonyl (C=O) groups is 1. The van der Waals surface area contributed by atoms with Crippen molar-refractivity contribution in [1.29, 1.82) is 0 Å². The van der Waals surface area contributed by atoms with Gasteiger partial charge in [-0.25, -0.2) is 0 Å². The van der Waals surface area contributed by atoms with E-state index >= 15 is 0 Å². The third-order valence-corrected chi connectivity index (χ3v) is 4.92. The van der Waals surface area contributed by atoms with Gasteiger partial charge in [0.05, 0.1) is 21.3 Å². The van der Waals surface area contributed by atoms with Crippen LogP contribution in [-0.2, 0) is 4.79 Å². The number of anilines is 1. The molecule has 0 fully saturated rings. The van der Waals surface area contributed by atoms with E-state index in [1.54, 1.807) is 32.4 Å². The number of carbonyl (C=O) groups excluding carboxylic acids is 1. The van der Waals surface area contributed by atoms with Crippen molar-refractivity contribution < 1.29 is 19.0 Å². The Hall–Kier alpha value is -3.39. The number of aromatic nitrogens is 2. The second kappa shape index (κ2) is 9.20. The van der Waals surface area contributed by atoms with Crippen LogP contribution in [0.2, 0.25) is 0 Å². The Labute approximate surface area is 173 Å². The fourth-order valence-corrected chi connectivity index (χ4v) is 3.43. The molecular weight excluding hydrogens is 390 g/mol. The van der Waals surface area contributed by atoms with Gasteiger partial charge in [0.1, 0.15) is 5.01 Å². The van der Waals surface area contributed by atoms with E-state index < -0.39 is 0 Å². The van der Waals surface area contributed by atoms with Crippen molar-refractivity contribution in [3.05, 3.63) is 53.6 Å². The van der Waals surface area contributed by atoms with E-state index in [4.69, 9.17) is 14.2 Å². The first-order valence-corrected chi connectivity index (χ1v) is 9.55. The summed E-state index contributed by atoms with van der Waals surface area (Å²) >= 11 is 1.32. The highest BCUT2D eigenvalue weighted by atomic mass is 32.1. The first-order chi connectivity index (χ1) is 14.0. The van der Waals surface area contributed by atoms with Gasteiger partial charge in [0.25, 0.3) is 0 Å². The lowest BCUT2D eigenvalue weighted by molar-refractivity contribution is -0.111. The Balaban J connectivity index is 1.72. The van der Waals surface area contributed by atoms with Gasteiger partial charge in [0, 0.05) is 11.6 Å². The average molecular weight is 411 g/mol. The Morgan fingerprint density at radius 1 is 1.03 bits per heavy atom. The van der Waals surface area contributed by atoms with Gasteiger partial charge in [-0.2, -0.15) is 0 Å². The van der Waals surface area contributed by atoms with Gasteiger partial charge in [-0.15, -0.1) is 10.2 Å². The SMILES string of the molecule is COc1cc(/C=C/C(=O)Nc2nnc(-c3cccc(C)c3)s2)cc(OC)c1OC. The van der Waals surface area contributed by atoms with Crippen LogP contribution in [0.3, 0.4) is 0 Å². The molecule has 0 radical (unpaired) electrons. The monoisotopic (exact) mass is 411 g/mol. The van der Waals surface area contributed by atoms with Crippen molar-refractivity contribution in [3.8, 4) is 27.8 Å². The molecule has 7 nitrogen and oxygen atoms in total. The number of hydrogen-bond donors (Lipinski definition) is 1. The molecule has 3 rings (SSSR count). The lowest BCUT2D eigenvalue weighted by atomic mass is 10.1. The summed E-state index contributed by atoms with van der Waals surface area (Å²) in [6.45, 7) is 2.02. The molecular formula is C21H21N3O4S. The number of benzene rings is 2. The van der Waals surface area contributed by atoms with Crippen LogP contribution in [0, 0.1) is 6.92 Å². The van der Waals surface area contributed by atoms with Crippen molar-refractivity contribution in [2.75, 3.05) is 26.6 Å². The van der Waals surface area contributed by atoms with E-state index in [0.29, 0.717) is 22.4 Å². The fraction of sp³-hybridized carbons (Fsp3) is 0.190. The average Bonchev–Trinajstić information content (AvgIpc) is 3.19. The van der Waals surface area contributed by atoms with E-state index in [9.17, 15) is 4.79 Å². The van der Waals surface area contributed by atoms with E-state index in [1.165, 1.54) is 24.5 Å². The zero-order chi connectivity index (χ0) is 20.8. The van der Waals surface area contributed by atoms with Gasteiger partial charge in [-0.3, -0.25) is 10.1 Å². The highest BCUT2D eigenvalue weighted by molar-refractivity contribution is 7.18. The largest absolute Gasteiger partial charge is 0.493 e. The number of nitrogens with zero attached hydrogens (tertiary/aromatic N) is 2. The third kappa shape index (κ3) is 4.91. The van der Waals surface area contributed by atoms with Crippen LogP contribution in [0.25, 0.3) is 16.6 Å². The van der Waals surface area contributed by atoms with E-state index in [0.717, 1.165) is 21.7 Å². The lowest BCUT2D eigenvalue weighted by Crippen LogP contribution is -2.07. The first kappa shape index (κ1) is 20.3. The second-order valence-corrected chi connectivity index (χ2v) is 7.04. The minimum Gasteiger partial charge on any atom is -0.493 e. The van der Waals surface area contributed by atoms with Crippen LogP contribution in [0.1, 0.15) is 11.1 Å². The van der Waals surface area contributed by atoms with Crippen molar-refractivity contribution in [3.63, 3.8) is 0 Å². The molecule has 3 aromatic rings. The number of amides is 1. The molecule has 0 aliphatic rings. The molecule has 0 bridgehead atoms. The summed E-state index contributed by atoms with van der Waals surface area (Å²) in [5.41, 5.74) is 2.83. The fourth-order valence-electron chi connectivity index (χ4n) is 2.69. The van der Waals surface area contributed by atoms with Crippen LogP contribution in [-0.4, -0.2) is 37.4 Å². The van der Waals surface area contributed by atoms with Crippen LogP contribution in [0.15, 0.2) is 42.5 Å². The zero-order valence-electron chi connectivity index (χ0n) is 16.6. The summed E-state index contributed by atoms with van der Waals surface area (Å²) in [5, 5.41) is 12.1. The molecule has 150 valence electrons. The summed E-state index contributed by atoms with van der Waals surface area (Å²) in [4.78, 5) is 12.3. The standard InChI is InChI=1S/C21H21N3O4S/c1-13-6-5-7-15(10-13)20-23-24-21(29-20)22-18(25)9-8-14-11-16(26-2)19(28-4)17(12-14)27-3/h5-12H,1-4H3,(H,22,24,25)/b9-8+. The highest BCUT2D eigenvalue weighted by Crippen LogP contribution is 2.38. The topological polar surface area (TPSA) is 82.6 Å². The number of rotatable bonds is 7. The summed E-state index contributed by atoms with van der Waals surface area (Å²) in [7, 11) is 4.62. The maximum atomic E-state index is 12.3. The second-order valence-electron chi connectivity index (χ2n) is 6.06. The molecule has 0 aliphatic heterocycles. The maximum Gasteiger partial charge on any atom is 0.250 e. The molecule has 0 spiro atoms. The maximum absolute atomic E-state index is 12.3. The lowest BCUT2D eigenvalue weighted by Gasteiger charge is -2.12.